The van der Waals surface area contributed by atoms with Crippen molar-refractivity contribution in [1.29, 1.82) is 0 Å². The molecule has 12 nitrogen and oxygen atoms in total. The Morgan fingerprint density at radius 2 is 1.77 bits per heavy atom. The van der Waals surface area contributed by atoms with E-state index in [1.165, 1.54) is 31.7 Å². The average Bonchev–Trinajstić information content (AvgIpc) is 3.21. The number of fused-ring (bicyclic) bond motifs is 1. The summed E-state index contributed by atoms with van der Waals surface area (Å²) >= 11 is 0. The Balaban J connectivity index is 2.05. The van der Waals surface area contributed by atoms with Gasteiger partial charge in [0.25, 0.3) is 0 Å². The normalized spacial score (nSPS) is 23.3. The first-order valence-corrected chi connectivity index (χ1v) is 9.33. The summed E-state index contributed by atoms with van der Waals surface area (Å²) in [6.45, 7) is 5.36. The molecule has 1 aliphatic rings. The molecule has 0 bridgehead atoms. The number of rotatable bonds is 6. The first kappa shape index (κ1) is 21.4. The molecule has 2 aromatic rings. The number of carbonyl (C=O) groups excluding carboxylic acids is 3. The standard InChI is InChI=1S/C18H23N5O7/c1-5-12-21-16(19)13-17(22-12)23(7-20-13)18-15(29-10(4)26)14(28-9(3)25)11(30-18)6-27-8(2)24/h7,11,14-15,18H,5-6H2,1-4H3,(H2,19,21,22)/t11-,14-,15-,18-/m1/s1. The molecular weight excluding hydrogens is 398 g/mol. The highest BCUT2D eigenvalue weighted by molar-refractivity contribution is 5.81. The minimum Gasteiger partial charge on any atom is -0.463 e. The van der Waals surface area contributed by atoms with Gasteiger partial charge >= 0.3 is 17.9 Å². The van der Waals surface area contributed by atoms with Crippen molar-refractivity contribution in [2.24, 2.45) is 0 Å². The molecule has 2 N–H and O–H groups in total. The summed E-state index contributed by atoms with van der Waals surface area (Å²) in [5, 5.41) is 0. The number of imidazole rings is 1. The van der Waals surface area contributed by atoms with Gasteiger partial charge < -0.3 is 24.7 Å². The van der Waals surface area contributed by atoms with Crippen LogP contribution in [0, 0.1) is 0 Å². The van der Waals surface area contributed by atoms with Gasteiger partial charge in [-0.3, -0.25) is 19.0 Å². The number of nitrogen functional groups attached to an aromatic ring is 1. The molecule has 0 unspecified atom stereocenters. The van der Waals surface area contributed by atoms with Crippen molar-refractivity contribution in [2.45, 2.75) is 58.7 Å². The highest BCUT2D eigenvalue weighted by Gasteiger charge is 2.51. The number of hydrogen-bond acceptors (Lipinski definition) is 11. The maximum absolute atomic E-state index is 11.8. The number of nitrogens with zero attached hydrogens (tertiary/aromatic N) is 4. The van der Waals surface area contributed by atoms with E-state index in [0.717, 1.165) is 0 Å². The lowest BCUT2D eigenvalue weighted by Crippen LogP contribution is -2.40. The molecule has 1 fully saturated rings. The number of aromatic nitrogens is 4. The van der Waals surface area contributed by atoms with Crippen LogP contribution in [0.3, 0.4) is 0 Å². The van der Waals surface area contributed by atoms with Crippen LogP contribution in [0.1, 0.15) is 39.7 Å². The van der Waals surface area contributed by atoms with Crippen molar-refractivity contribution in [3.05, 3.63) is 12.2 Å². The second kappa shape index (κ2) is 8.61. The van der Waals surface area contributed by atoms with Gasteiger partial charge in [-0.25, -0.2) is 15.0 Å². The van der Waals surface area contributed by atoms with Gasteiger partial charge in [0.1, 0.15) is 24.1 Å². The third-order valence-electron chi connectivity index (χ3n) is 4.43. The molecule has 1 aliphatic heterocycles. The van der Waals surface area contributed by atoms with Gasteiger partial charge in [0.15, 0.2) is 29.9 Å². The summed E-state index contributed by atoms with van der Waals surface area (Å²) < 4.78 is 23.3. The third-order valence-corrected chi connectivity index (χ3v) is 4.43. The van der Waals surface area contributed by atoms with Gasteiger partial charge in [-0.05, 0) is 0 Å². The molecule has 3 rings (SSSR count). The predicted octanol–water partition coefficient (Wildman–Crippen LogP) is 0.295. The van der Waals surface area contributed by atoms with Crippen molar-refractivity contribution in [2.75, 3.05) is 12.3 Å². The van der Waals surface area contributed by atoms with Crippen LogP contribution in [-0.2, 0) is 39.8 Å². The molecule has 0 aromatic carbocycles. The molecule has 30 heavy (non-hydrogen) atoms. The number of nitrogens with two attached hydrogens (primary N) is 1. The van der Waals surface area contributed by atoms with E-state index < -0.39 is 42.4 Å². The van der Waals surface area contributed by atoms with Crippen LogP contribution in [0.15, 0.2) is 6.33 Å². The summed E-state index contributed by atoms with van der Waals surface area (Å²) in [5.74, 6) is -1.05. The molecule has 2 aromatic heterocycles. The van der Waals surface area contributed by atoms with Crippen molar-refractivity contribution in [3.63, 3.8) is 0 Å². The Hall–Kier alpha value is -3.28. The summed E-state index contributed by atoms with van der Waals surface area (Å²) in [6, 6.07) is 0. The number of ether oxygens (including phenoxy) is 4. The van der Waals surface area contributed by atoms with Crippen molar-refractivity contribution in [1.82, 2.24) is 19.5 Å². The van der Waals surface area contributed by atoms with E-state index in [2.05, 4.69) is 15.0 Å². The van der Waals surface area contributed by atoms with Crippen molar-refractivity contribution in [3.8, 4) is 0 Å². The van der Waals surface area contributed by atoms with Crippen LogP contribution in [0.25, 0.3) is 11.2 Å². The van der Waals surface area contributed by atoms with Crippen LogP contribution < -0.4 is 5.73 Å². The Morgan fingerprint density at radius 3 is 2.37 bits per heavy atom. The van der Waals surface area contributed by atoms with Crippen LogP contribution in [0.2, 0.25) is 0 Å². The molecule has 1 saturated heterocycles. The molecule has 0 saturated carbocycles. The van der Waals surface area contributed by atoms with Gasteiger partial charge in [-0.1, -0.05) is 6.92 Å². The fourth-order valence-electron chi connectivity index (χ4n) is 3.25. The third kappa shape index (κ3) is 4.32. The fraction of sp³-hybridized carbons (Fsp3) is 0.556. The lowest BCUT2D eigenvalue weighted by molar-refractivity contribution is -0.166. The van der Waals surface area contributed by atoms with E-state index in [4.69, 9.17) is 24.7 Å². The van der Waals surface area contributed by atoms with E-state index in [0.29, 0.717) is 23.4 Å². The Labute approximate surface area is 171 Å². The Morgan fingerprint density at radius 1 is 1.10 bits per heavy atom. The van der Waals surface area contributed by atoms with Gasteiger partial charge in [-0.2, -0.15) is 0 Å². The van der Waals surface area contributed by atoms with E-state index >= 15 is 0 Å². The van der Waals surface area contributed by atoms with E-state index in [-0.39, 0.29) is 12.4 Å². The topological polar surface area (TPSA) is 158 Å². The van der Waals surface area contributed by atoms with Crippen LogP contribution in [0.5, 0.6) is 0 Å². The molecule has 12 heteroatoms. The quantitative estimate of drug-likeness (QED) is 0.505. The van der Waals surface area contributed by atoms with Crippen LogP contribution in [-0.4, -0.2) is 62.3 Å². The SMILES string of the molecule is CCc1nc(N)c2ncn([C@@H]3O[C@H](COC(C)=O)[C@@H](OC(C)=O)[C@H]3OC(C)=O)c2n1. The lowest BCUT2D eigenvalue weighted by Gasteiger charge is -2.23. The molecule has 0 radical (unpaired) electrons. The van der Waals surface area contributed by atoms with Crippen LogP contribution in [0.4, 0.5) is 5.82 Å². The second-order valence-electron chi connectivity index (χ2n) is 6.72. The fourth-order valence-corrected chi connectivity index (χ4v) is 3.25. The monoisotopic (exact) mass is 421 g/mol. The largest absolute Gasteiger partial charge is 0.463 e. The number of anilines is 1. The molecule has 0 aliphatic carbocycles. The first-order valence-electron chi connectivity index (χ1n) is 9.33. The molecular formula is C18H23N5O7. The summed E-state index contributed by atoms with van der Waals surface area (Å²) in [4.78, 5) is 47.6. The number of carbonyl (C=O) groups is 3. The Kier molecular flexibility index (Phi) is 6.15. The summed E-state index contributed by atoms with van der Waals surface area (Å²) in [5.41, 5.74) is 6.70. The van der Waals surface area contributed by atoms with E-state index in [9.17, 15) is 14.4 Å². The average molecular weight is 421 g/mol. The second-order valence-corrected chi connectivity index (χ2v) is 6.72. The number of esters is 3. The van der Waals surface area contributed by atoms with Crippen molar-refractivity contribution >= 4 is 34.9 Å². The Bertz CT molecular complexity index is 975. The summed E-state index contributed by atoms with van der Waals surface area (Å²) in [6.07, 6.45) is -1.93. The molecule has 3 heterocycles. The van der Waals surface area contributed by atoms with E-state index in [1.54, 1.807) is 0 Å². The zero-order valence-electron chi connectivity index (χ0n) is 17.0. The first-order chi connectivity index (χ1) is 14.2. The predicted molar refractivity (Wildman–Crippen MR) is 101 cm³/mol. The molecule has 0 amide bonds. The van der Waals surface area contributed by atoms with Crippen LogP contribution >= 0.6 is 0 Å². The van der Waals surface area contributed by atoms with Crippen molar-refractivity contribution < 1.29 is 33.3 Å². The molecule has 0 spiro atoms. The zero-order valence-corrected chi connectivity index (χ0v) is 17.0. The highest BCUT2D eigenvalue weighted by atomic mass is 16.7. The van der Waals surface area contributed by atoms with E-state index in [1.807, 2.05) is 6.92 Å². The molecule has 162 valence electrons. The van der Waals surface area contributed by atoms with Gasteiger partial charge in [-0.15, -0.1) is 0 Å². The zero-order chi connectivity index (χ0) is 22.0. The maximum atomic E-state index is 11.8. The maximum Gasteiger partial charge on any atom is 0.303 e. The van der Waals surface area contributed by atoms with Gasteiger partial charge in [0.05, 0.1) is 6.33 Å². The summed E-state index contributed by atoms with van der Waals surface area (Å²) in [7, 11) is 0. The number of aryl methyl sites for hydroxylation is 1. The highest BCUT2D eigenvalue weighted by Crippen LogP contribution is 2.36. The lowest BCUT2D eigenvalue weighted by atomic mass is 10.1. The van der Waals surface area contributed by atoms with Gasteiger partial charge in [0.2, 0.25) is 0 Å². The minimum absolute atomic E-state index is 0.200. The smallest absolute Gasteiger partial charge is 0.303 e. The minimum atomic E-state index is -1.04. The number of hydrogen-bond donors (Lipinski definition) is 1. The molecule has 4 atom stereocenters. The van der Waals surface area contributed by atoms with Gasteiger partial charge in [0, 0.05) is 27.2 Å².